The summed E-state index contributed by atoms with van der Waals surface area (Å²) in [5.41, 5.74) is -1.19. The molecule has 1 amide bonds. The highest BCUT2D eigenvalue weighted by molar-refractivity contribution is 9.10. The van der Waals surface area contributed by atoms with Crippen molar-refractivity contribution in [3.8, 4) is 0 Å². The molecule has 1 aromatic heterocycles. The number of nitrogens with zero attached hydrogens (tertiary/aromatic N) is 2. The number of hydrogen-bond donors (Lipinski definition) is 1. The number of aliphatic hydroxyl groups is 1. The van der Waals surface area contributed by atoms with Crippen LogP contribution in [0, 0.1) is 0 Å². The van der Waals surface area contributed by atoms with Gasteiger partial charge in [0.05, 0.1) is 6.54 Å². The van der Waals surface area contributed by atoms with E-state index in [1.165, 1.54) is 6.42 Å². The molecule has 1 saturated carbocycles. The van der Waals surface area contributed by atoms with Crippen molar-refractivity contribution in [2.45, 2.75) is 76.0 Å². The Kier molecular flexibility index (Phi) is 4.88. The van der Waals surface area contributed by atoms with E-state index in [1.54, 1.807) is 11.1 Å². The topological polar surface area (TPSA) is 62.7 Å². The smallest absolute Gasteiger partial charge is 0.410 e. The van der Waals surface area contributed by atoms with Crippen LogP contribution in [-0.2, 0) is 10.3 Å². The van der Waals surface area contributed by atoms with Gasteiger partial charge in [-0.05, 0) is 55.6 Å². The van der Waals surface area contributed by atoms with E-state index in [0.717, 1.165) is 35.8 Å². The van der Waals surface area contributed by atoms with Crippen molar-refractivity contribution >= 4 is 22.0 Å². The molecule has 1 spiro atoms. The molecule has 1 N–H and O–H groups in total. The number of β-amino-alcohol motifs (C(OH)–C–C–N with tert-alkyl or cyclic N) is 1. The first-order valence-corrected chi connectivity index (χ1v) is 9.78. The molecule has 0 aromatic carbocycles. The highest BCUT2D eigenvalue weighted by Crippen LogP contribution is 2.49. The van der Waals surface area contributed by atoms with Gasteiger partial charge in [0.15, 0.2) is 0 Å². The predicted molar refractivity (Wildman–Crippen MR) is 99.2 cm³/mol. The number of rotatable bonds is 1. The zero-order valence-electron chi connectivity index (χ0n) is 15.2. The number of carbonyl (C=O) groups is 1. The van der Waals surface area contributed by atoms with Crippen LogP contribution in [0.3, 0.4) is 0 Å². The van der Waals surface area contributed by atoms with E-state index in [4.69, 9.17) is 4.74 Å². The van der Waals surface area contributed by atoms with Gasteiger partial charge in [-0.25, -0.2) is 9.78 Å². The molecular weight excluding hydrogens is 384 g/mol. The fraction of sp³-hybridized carbons (Fsp3) is 0.684. The third-order valence-corrected chi connectivity index (χ3v) is 5.75. The van der Waals surface area contributed by atoms with E-state index >= 15 is 0 Å². The van der Waals surface area contributed by atoms with Crippen molar-refractivity contribution in [1.82, 2.24) is 9.88 Å². The molecule has 2 aliphatic rings. The van der Waals surface area contributed by atoms with Crippen LogP contribution in [0.4, 0.5) is 4.79 Å². The molecule has 0 radical (unpaired) electrons. The third-order valence-electron chi connectivity index (χ3n) is 5.28. The van der Waals surface area contributed by atoms with Gasteiger partial charge in [0.2, 0.25) is 0 Å². The molecule has 3 rings (SSSR count). The SMILES string of the molecule is CC(C)(C)OC(=O)N1CC(O)(c2ccc(Br)nc2)CC12CCCCC2. The van der Waals surface area contributed by atoms with E-state index in [-0.39, 0.29) is 18.2 Å². The molecule has 1 unspecified atom stereocenters. The number of halogens is 1. The summed E-state index contributed by atoms with van der Waals surface area (Å²) in [5, 5.41) is 11.4. The lowest BCUT2D eigenvalue weighted by Gasteiger charge is -2.41. The molecule has 6 heteroatoms. The molecule has 1 aliphatic heterocycles. The Morgan fingerprint density at radius 1 is 1.28 bits per heavy atom. The van der Waals surface area contributed by atoms with Crippen molar-refractivity contribution in [1.29, 1.82) is 0 Å². The maximum Gasteiger partial charge on any atom is 0.410 e. The number of ether oxygens (including phenoxy) is 1. The minimum Gasteiger partial charge on any atom is -0.444 e. The lowest BCUT2D eigenvalue weighted by Crippen LogP contribution is -2.50. The monoisotopic (exact) mass is 410 g/mol. The average molecular weight is 411 g/mol. The number of likely N-dealkylation sites (tertiary alicyclic amines) is 1. The quantitative estimate of drug-likeness (QED) is 0.697. The highest BCUT2D eigenvalue weighted by Gasteiger charge is 2.56. The van der Waals surface area contributed by atoms with Crippen LogP contribution in [0.2, 0.25) is 0 Å². The Balaban J connectivity index is 1.92. The third kappa shape index (κ3) is 3.85. The summed E-state index contributed by atoms with van der Waals surface area (Å²) in [6.07, 6.45) is 7.08. The van der Waals surface area contributed by atoms with Crippen LogP contribution < -0.4 is 0 Å². The molecule has 1 aliphatic carbocycles. The first-order chi connectivity index (χ1) is 11.6. The van der Waals surface area contributed by atoms with Gasteiger partial charge in [0.25, 0.3) is 0 Å². The Hall–Kier alpha value is -1.14. The minimum atomic E-state index is -1.08. The number of amides is 1. The summed E-state index contributed by atoms with van der Waals surface area (Å²) < 4.78 is 6.38. The summed E-state index contributed by atoms with van der Waals surface area (Å²) in [4.78, 5) is 18.9. The lowest BCUT2D eigenvalue weighted by molar-refractivity contribution is -0.00173. The zero-order chi connectivity index (χ0) is 18.3. The van der Waals surface area contributed by atoms with Gasteiger partial charge in [-0.3, -0.25) is 4.90 Å². The maximum atomic E-state index is 12.9. The number of carbonyl (C=O) groups excluding carboxylic acids is 1. The van der Waals surface area contributed by atoms with Crippen LogP contribution in [0.15, 0.2) is 22.9 Å². The van der Waals surface area contributed by atoms with Crippen molar-refractivity contribution < 1.29 is 14.6 Å². The normalized spacial score (nSPS) is 26.0. The molecule has 2 heterocycles. The van der Waals surface area contributed by atoms with Crippen molar-refractivity contribution in [2.75, 3.05) is 6.54 Å². The van der Waals surface area contributed by atoms with Gasteiger partial charge in [-0.15, -0.1) is 0 Å². The lowest BCUT2D eigenvalue weighted by atomic mass is 9.76. The second-order valence-electron chi connectivity index (χ2n) is 8.43. The van der Waals surface area contributed by atoms with E-state index in [0.29, 0.717) is 6.42 Å². The van der Waals surface area contributed by atoms with Crippen molar-refractivity contribution in [3.63, 3.8) is 0 Å². The molecule has 2 fully saturated rings. The Morgan fingerprint density at radius 2 is 1.96 bits per heavy atom. The zero-order valence-corrected chi connectivity index (χ0v) is 16.8. The Morgan fingerprint density at radius 3 is 2.52 bits per heavy atom. The van der Waals surface area contributed by atoms with Gasteiger partial charge in [-0.1, -0.05) is 25.3 Å². The van der Waals surface area contributed by atoms with Crippen molar-refractivity contribution in [2.24, 2.45) is 0 Å². The summed E-state index contributed by atoms with van der Waals surface area (Å²) in [6, 6.07) is 3.71. The molecule has 0 bridgehead atoms. The fourth-order valence-electron chi connectivity index (χ4n) is 4.20. The summed E-state index contributed by atoms with van der Waals surface area (Å²) >= 11 is 3.33. The van der Waals surface area contributed by atoms with Crippen LogP contribution in [0.1, 0.15) is 64.9 Å². The van der Waals surface area contributed by atoms with Gasteiger partial charge in [-0.2, -0.15) is 0 Å². The van der Waals surface area contributed by atoms with Gasteiger partial charge < -0.3 is 9.84 Å². The van der Waals surface area contributed by atoms with E-state index in [9.17, 15) is 9.90 Å². The van der Waals surface area contributed by atoms with Crippen molar-refractivity contribution in [3.05, 3.63) is 28.5 Å². The summed E-state index contributed by atoms with van der Waals surface area (Å²) in [7, 11) is 0. The molecule has 1 aromatic rings. The fourth-order valence-corrected chi connectivity index (χ4v) is 4.44. The Bertz CT molecular complexity index is 635. The molecule has 1 saturated heterocycles. The first kappa shape index (κ1) is 18.6. The van der Waals surface area contributed by atoms with Crippen LogP contribution in [-0.4, -0.2) is 38.8 Å². The number of aromatic nitrogens is 1. The second-order valence-corrected chi connectivity index (χ2v) is 9.24. The summed E-state index contributed by atoms with van der Waals surface area (Å²) in [5.74, 6) is 0. The Labute approximate surface area is 157 Å². The maximum absolute atomic E-state index is 12.9. The predicted octanol–water partition coefficient (Wildman–Crippen LogP) is 4.38. The molecule has 25 heavy (non-hydrogen) atoms. The molecule has 5 nitrogen and oxygen atoms in total. The van der Waals surface area contributed by atoms with Crippen LogP contribution >= 0.6 is 15.9 Å². The van der Waals surface area contributed by atoms with Crippen LogP contribution in [0.25, 0.3) is 0 Å². The van der Waals surface area contributed by atoms with Gasteiger partial charge in [0.1, 0.15) is 15.8 Å². The standard InChI is InChI=1S/C19H27BrN2O3/c1-17(2,3)25-16(23)22-13-19(24,14-7-8-15(20)21-11-14)12-18(22)9-5-4-6-10-18/h7-8,11,24H,4-6,9-10,12-13H2,1-3H3. The highest BCUT2D eigenvalue weighted by atomic mass is 79.9. The molecule has 138 valence electrons. The van der Waals surface area contributed by atoms with E-state index in [2.05, 4.69) is 20.9 Å². The largest absolute Gasteiger partial charge is 0.444 e. The van der Waals surface area contributed by atoms with E-state index in [1.807, 2.05) is 32.9 Å². The first-order valence-electron chi connectivity index (χ1n) is 8.99. The van der Waals surface area contributed by atoms with Gasteiger partial charge >= 0.3 is 6.09 Å². The number of hydrogen-bond acceptors (Lipinski definition) is 4. The molecule has 1 atom stereocenters. The number of pyridine rings is 1. The van der Waals surface area contributed by atoms with Gasteiger partial charge in [0, 0.05) is 23.7 Å². The van der Waals surface area contributed by atoms with Crippen LogP contribution in [0.5, 0.6) is 0 Å². The molecular formula is C19H27BrN2O3. The second kappa shape index (κ2) is 6.54. The minimum absolute atomic E-state index is 0.255. The average Bonchev–Trinajstić information content (AvgIpc) is 2.80. The summed E-state index contributed by atoms with van der Waals surface area (Å²) in [6.45, 7) is 5.88. The van der Waals surface area contributed by atoms with E-state index < -0.39 is 11.2 Å².